The number of hydrogen-bond donors (Lipinski definition) is 0. The maximum absolute atomic E-state index is 12.2. The summed E-state index contributed by atoms with van der Waals surface area (Å²) in [6.45, 7) is 10.5. The Kier molecular flexibility index (Phi) is 5.93. The monoisotopic (exact) mass is 258 g/mol. The van der Waals surface area contributed by atoms with Crippen LogP contribution in [0.2, 0.25) is 19.6 Å². The molecule has 0 saturated heterocycles. The molecule has 1 unspecified atom stereocenters. The lowest BCUT2D eigenvalue weighted by atomic mass is 10.9. The number of alkyl halides is 1. The summed E-state index contributed by atoms with van der Waals surface area (Å²) >= 11 is 6.17. The fourth-order valence-corrected chi connectivity index (χ4v) is 6.64. The quantitative estimate of drug-likeness (QED) is 0.414. The van der Waals surface area contributed by atoms with E-state index in [9.17, 15) is 4.57 Å². The zero-order chi connectivity index (χ0) is 11.4. The molecule has 14 heavy (non-hydrogen) atoms. The average molecular weight is 259 g/mol. The SMILES string of the molecule is CCOP(=O)(OCC)C(Cl)[Si](C)(C)C. The summed E-state index contributed by atoms with van der Waals surface area (Å²) in [6.07, 6.45) is 0. The third-order valence-corrected chi connectivity index (χ3v) is 10.8. The molecule has 0 aliphatic rings. The van der Waals surface area contributed by atoms with Crippen LogP contribution < -0.4 is 0 Å². The lowest BCUT2D eigenvalue weighted by Crippen LogP contribution is -2.34. The third kappa shape index (κ3) is 4.03. The van der Waals surface area contributed by atoms with Crippen LogP contribution in [0.5, 0.6) is 0 Å². The van der Waals surface area contributed by atoms with Gasteiger partial charge in [0.15, 0.2) is 0 Å². The highest BCUT2D eigenvalue weighted by atomic mass is 35.5. The van der Waals surface area contributed by atoms with E-state index in [4.69, 9.17) is 20.6 Å². The second-order valence-electron chi connectivity index (χ2n) is 4.08. The zero-order valence-corrected chi connectivity index (χ0v) is 12.2. The molecule has 0 fully saturated rings. The number of halogens is 1. The summed E-state index contributed by atoms with van der Waals surface area (Å²) in [6, 6.07) is 0. The Balaban J connectivity index is 4.73. The highest BCUT2D eigenvalue weighted by Gasteiger charge is 2.43. The summed E-state index contributed by atoms with van der Waals surface area (Å²) in [5.41, 5.74) is 0. The molecule has 0 N–H and O–H groups in total. The summed E-state index contributed by atoms with van der Waals surface area (Å²) in [4.78, 5) is 0. The largest absolute Gasteiger partial charge is 0.345 e. The van der Waals surface area contributed by atoms with E-state index in [1.54, 1.807) is 13.8 Å². The third-order valence-electron chi connectivity index (χ3n) is 1.61. The van der Waals surface area contributed by atoms with Crippen LogP contribution in [0, 0.1) is 0 Å². The molecule has 3 nitrogen and oxygen atoms in total. The Morgan fingerprint density at radius 1 is 1.21 bits per heavy atom. The van der Waals surface area contributed by atoms with E-state index in [0.29, 0.717) is 13.2 Å². The summed E-state index contributed by atoms with van der Waals surface area (Å²) in [5, 5.41) is 0. The minimum Gasteiger partial charge on any atom is -0.308 e. The van der Waals surface area contributed by atoms with Crippen LogP contribution in [0.25, 0.3) is 0 Å². The van der Waals surface area contributed by atoms with Gasteiger partial charge in [0.1, 0.15) is 4.74 Å². The van der Waals surface area contributed by atoms with Crippen molar-refractivity contribution in [2.45, 2.75) is 38.2 Å². The predicted octanol–water partition coefficient (Wildman–Crippen LogP) is 3.69. The molecule has 0 aromatic carbocycles. The Bertz CT molecular complexity index is 207. The van der Waals surface area contributed by atoms with Gasteiger partial charge in [-0.15, -0.1) is 11.6 Å². The highest BCUT2D eigenvalue weighted by Crippen LogP contribution is 2.57. The zero-order valence-electron chi connectivity index (χ0n) is 9.54. The number of rotatable bonds is 6. The maximum atomic E-state index is 12.2. The van der Waals surface area contributed by atoms with Crippen LogP contribution in [0.3, 0.4) is 0 Å². The van der Waals surface area contributed by atoms with E-state index in [1.807, 2.05) is 0 Å². The van der Waals surface area contributed by atoms with E-state index >= 15 is 0 Å². The first-order valence-electron chi connectivity index (χ1n) is 4.80. The molecule has 86 valence electrons. The van der Waals surface area contributed by atoms with Crippen LogP contribution in [0.15, 0.2) is 0 Å². The van der Waals surface area contributed by atoms with Gasteiger partial charge in [0.25, 0.3) is 0 Å². The standard InChI is InChI=1S/C8H20ClO3PSi/c1-6-11-13(10,12-7-2)8(9)14(3,4)5/h8H,6-7H2,1-5H3. The van der Waals surface area contributed by atoms with Crippen molar-refractivity contribution in [2.75, 3.05) is 13.2 Å². The second-order valence-corrected chi connectivity index (χ2v) is 13.1. The fraction of sp³-hybridized carbons (Fsp3) is 1.00. The van der Waals surface area contributed by atoms with Gasteiger partial charge < -0.3 is 9.05 Å². The van der Waals surface area contributed by atoms with Gasteiger partial charge >= 0.3 is 7.60 Å². The molecule has 0 bridgehead atoms. The molecule has 0 amide bonds. The average Bonchev–Trinajstić information content (AvgIpc) is 2.02. The van der Waals surface area contributed by atoms with Crippen molar-refractivity contribution >= 4 is 27.3 Å². The Hall–Kier alpha value is 0.657. The topological polar surface area (TPSA) is 35.5 Å². The van der Waals surface area contributed by atoms with Crippen molar-refractivity contribution < 1.29 is 13.6 Å². The molecule has 0 heterocycles. The van der Waals surface area contributed by atoms with Gasteiger partial charge in [-0.25, -0.2) is 0 Å². The van der Waals surface area contributed by atoms with Crippen LogP contribution in [-0.2, 0) is 13.6 Å². The lowest BCUT2D eigenvalue weighted by molar-refractivity contribution is 0.221. The predicted molar refractivity (Wildman–Crippen MR) is 63.8 cm³/mol. The van der Waals surface area contributed by atoms with Gasteiger partial charge in [-0.2, -0.15) is 0 Å². The lowest BCUT2D eigenvalue weighted by Gasteiger charge is -2.29. The molecule has 0 aromatic rings. The van der Waals surface area contributed by atoms with Crippen molar-refractivity contribution in [1.82, 2.24) is 0 Å². The first-order chi connectivity index (χ1) is 6.28. The Morgan fingerprint density at radius 3 is 1.79 bits per heavy atom. The molecular weight excluding hydrogens is 239 g/mol. The molecule has 0 aliphatic heterocycles. The van der Waals surface area contributed by atoms with Crippen LogP contribution in [0.1, 0.15) is 13.8 Å². The fourth-order valence-electron chi connectivity index (χ4n) is 1.00. The molecule has 0 radical (unpaired) electrons. The van der Waals surface area contributed by atoms with Gasteiger partial charge in [-0.05, 0) is 13.8 Å². The number of hydrogen-bond acceptors (Lipinski definition) is 3. The minimum atomic E-state index is -3.10. The normalized spacial score (nSPS) is 15.6. The first kappa shape index (κ1) is 14.7. The molecule has 0 saturated carbocycles. The summed E-state index contributed by atoms with van der Waals surface area (Å²) in [7, 11) is -4.82. The van der Waals surface area contributed by atoms with E-state index in [0.717, 1.165) is 0 Å². The smallest absolute Gasteiger partial charge is 0.308 e. The summed E-state index contributed by atoms with van der Waals surface area (Å²) in [5.74, 6) is 0. The van der Waals surface area contributed by atoms with Gasteiger partial charge in [0.05, 0.1) is 21.3 Å². The van der Waals surface area contributed by atoms with Crippen LogP contribution in [-0.4, -0.2) is 26.0 Å². The van der Waals surface area contributed by atoms with Crippen LogP contribution >= 0.6 is 19.2 Å². The Morgan fingerprint density at radius 2 is 1.57 bits per heavy atom. The van der Waals surface area contributed by atoms with Gasteiger partial charge in [0, 0.05) is 0 Å². The van der Waals surface area contributed by atoms with Crippen molar-refractivity contribution in [2.24, 2.45) is 0 Å². The van der Waals surface area contributed by atoms with Gasteiger partial charge in [-0.3, -0.25) is 4.57 Å². The van der Waals surface area contributed by atoms with Crippen molar-refractivity contribution in [3.63, 3.8) is 0 Å². The van der Waals surface area contributed by atoms with E-state index in [1.165, 1.54) is 0 Å². The van der Waals surface area contributed by atoms with Gasteiger partial charge in [-0.1, -0.05) is 19.6 Å². The molecule has 1 atom stereocenters. The maximum Gasteiger partial charge on any atom is 0.345 e. The van der Waals surface area contributed by atoms with E-state index in [2.05, 4.69) is 19.6 Å². The van der Waals surface area contributed by atoms with E-state index in [-0.39, 0.29) is 0 Å². The Labute approximate surface area is 92.7 Å². The second kappa shape index (κ2) is 5.66. The van der Waals surface area contributed by atoms with E-state index < -0.39 is 20.4 Å². The molecule has 0 aromatic heterocycles. The van der Waals surface area contributed by atoms with Crippen LogP contribution in [0.4, 0.5) is 0 Å². The molecule has 0 rings (SSSR count). The van der Waals surface area contributed by atoms with Gasteiger partial charge in [0.2, 0.25) is 0 Å². The van der Waals surface area contributed by atoms with Crippen molar-refractivity contribution in [3.8, 4) is 0 Å². The molecule has 0 aliphatic carbocycles. The van der Waals surface area contributed by atoms with Crippen molar-refractivity contribution in [1.29, 1.82) is 0 Å². The summed E-state index contributed by atoms with van der Waals surface area (Å²) < 4.78 is 22.1. The highest BCUT2D eigenvalue weighted by molar-refractivity contribution is 7.60. The first-order valence-corrected chi connectivity index (χ1v) is 10.4. The molecule has 6 heteroatoms. The minimum absolute atomic E-state index is 0.366. The molecule has 0 spiro atoms. The van der Waals surface area contributed by atoms with Crippen molar-refractivity contribution in [3.05, 3.63) is 0 Å². The molecular formula is C8H20ClO3PSi.